The Balaban J connectivity index is 1.98. The van der Waals surface area contributed by atoms with E-state index in [1.165, 1.54) is 0 Å². The zero-order chi connectivity index (χ0) is 15.2. The molecule has 1 unspecified atom stereocenters. The number of ether oxygens (including phenoxy) is 1. The van der Waals surface area contributed by atoms with Gasteiger partial charge in [0.25, 0.3) is 0 Å². The lowest BCUT2D eigenvalue weighted by atomic mass is 10.0. The van der Waals surface area contributed by atoms with Crippen molar-refractivity contribution in [3.05, 3.63) is 11.7 Å². The zero-order valence-electron chi connectivity index (χ0n) is 13.2. The lowest BCUT2D eigenvalue weighted by Gasteiger charge is -2.32. The average molecular weight is 295 g/mol. The van der Waals surface area contributed by atoms with Crippen molar-refractivity contribution in [3.8, 4) is 0 Å². The zero-order valence-corrected chi connectivity index (χ0v) is 13.2. The summed E-state index contributed by atoms with van der Waals surface area (Å²) < 4.78 is 10.4. The van der Waals surface area contributed by atoms with Crippen LogP contribution in [0.15, 0.2) is 4.52 Å². The van der Waals surface area contributed by atoms with Crippen molar-refractivity contribution >= 4 is 5.97 Å². The predicted octanol–water partition coefficient (Wildman–Crippen LogP) is 2.19. The number of nitrogens with zero attached hydrogens (tertiary/aromatic N) is 3. The molecule has 118 valence electrons. The minimum Gasteiger partial charge on any atom is -0.465 e. The first-order valence-corrected chi connectivity index (χ1v) is 7.82. The first kappa shape index (κ1) is 15.9. The molecular weight excluding hydrogens is 270 g/mol. The van der Waals surface area contributed by atoms with Crippen LogP contribution < -0.4 is 0 Å². The number of piperidine rings is 1. The molecule has 0 aromatic carbocycles. The van der Waals surface area contributed by atoms with Crippen molar-refractivity contribution in [2.75, 3.05) is 13.2 Å². The van der Waals surface area contributed by atoms with E-state index in [2.05, 4.69) is 28.9 Å². The molecule has 0 aliphatic carbocycles. The first-order valence-electron chi connectivity index (χ1n) is 7.82. The van der Waals surface area contributed by atoms with Crippen molar-refractivity contribution in [3.63, 3.8) is 0 Å². The average Bonchev–Trinajstić information content (AvgIpc) is 2.86. The topological polar surface area (TPSA) is 68.5 Å². The number of rotatable bonds is 6. The molecule has 0 saturated carbocycles. The molecule has 1 aromatic rings. The highest BCUT2D eigenvalue weighted by atomic mass is 16.5. The number of likely N-dealkylation sites (tertiary alicyclic amines) is 1. The van der Waals surface area contributed by atoms with Gasteiger partial charge in [-0.15, -0.1) is 0 Å². The lowest BCUT2D eigenvalue weighted by molar-refractivity contribution is -0.151. The minimum absolute atomic E-state index is 0.136. The standard InChI is InChI=1S/C15H25N3O3/c1-4-20-15(19)12-7-5-6-8-18(12)10-13-16-14(21-17-13)9-11(2)3/h11-12H,4-10H2,1-3H3. The van der Waals surface area contributed by atoms with Gasteiger partial charge in [0.15, 0.2) is 5.82 Å². The second-order valence-corrected chi connectivity index (χ2v) is 5.94. The minimum atomic E-state index is -0.175. The Morgan fingerprint density at radius 2 is 2.29 bits per heavy atom. The fraction of sp³-hybridized carbons (Fsp3) is 0.800. The maximum absolute atomic E-state index is 12.0. The van der Waals surface area contributed by atoms with E-state index in [1.54, 1.807) is 0 Å². The van der Waals surface area contributed by atoms with Crippen molar-refractivity contribution in [2.45, 2.75) is 59.0 Å². The van der Waals surface area contributed by atoms with Crippen LogP contribution in [0.25, 0.3) is 0 Å². The smallest absolute Gasteiger partial charge is 0.323 e. The molecule has 0 bridgehead atoms. The molecule has 21 heavy (non-hydrogen) atoms. The molecule has 0 radical (unpaired) electrons. The normalized spacial score (nSPS) is 19.9. The fourth-order valence-electron chi connectivity index (χ4n) is 2.65. The van der Waals surface area contributed by atoms with Gasteiger partial charge in [-0.25, -0.2) is 0 Å². The second-order valence-electron chi connectivity index (χ2n) is 5.94. The molecular formula is C15H25N3O3. The predicted molar refractivity (Wildman–Crippen MR) is 77.5 cm³/mol. The Morgan fingerprint density at radius 3 is 3.00 bits per heavy atom. The Morgan fingerprint density at radius 1 is 1.48 bits per heavy atom. The van der Waals surface area contributed by atoms with Crippen LogP contribution in [0.4, 0.5) is 0 Å². The van der Waals surface area contributed by atoms with Gasteiger partial charge in [0.1, 0.15) is 6.04 Å². The van der Waals surface area contributed by atoms with Gasteiger partial charge in [0.05, 0.1) is 13.2 Å². The molecule has 1 atom stereocenters. The van der Waals surface area contributed by atoms with E-state index in [1.807, 2.05) is 6.92 Å². The Hall–Kier alpha value is -1.43. The van der Waals surface area contributed by atoms with Gasteiger partial charge in [0, 0.05) is 6.42 Å². The second kappa shape index (κ2) is 7.54. The monoisotopic (exact) mass is 295 g/mol. The summed E-state index contributed by atoms with van der Waals surface area (Å²) in [6.45, 7) is 7.91. The van der Waals surface area contributed by atoms with E-state index in [0.717, 1.165) is 32.2 Å². The van der Waals surface area contributed by atoms with Gasteiger partial charge in [0.2, 0.25) is 5.89 Å². The van der Waals surface area contributed by atoms with Crippen LogP contribution >= 0.6 is 0 Å². The summed E-state index contributed by atoms with van der Waals surface area (Å²) in [6, 6.07) is -0.175. The van der Waals surface area contributed by atoms with Crippen molar-refractivity contribution in [2.24, 2.45) is 5.92 Å². The van der Waals surface area contributed by atoms with E-state index >= 15 is 0 Å². The molecule has 6 heteroatoms. The summed E-state index contributed by atoms with van der Waals surface area (Å²) in [7, 11) is 0. The summed E-state index contributed by atoms with van der Waals surface area (Å²) in [5, 5.41) is 4.02. The first-order chi connectivity index (χ1) is 10.1. The van der Waals surface area contributed by atoms with Gasteiger partial charge in [-0.05, 0) is 32.2 Å². The Kier molecular flexibility index (Phi) is 5.73. The molecule has 1 aromatic heterocycles. The van der Waals surface area contributed by atoms with Crippen LogP contribution in [0.2, 0.25) is 0 Å². The summed E-state index contributed by atoms with van der Waals surface area (Å²) in [5.74, 6) is 1.68. The highest BCUT2D eigenvalue weighted by Gasteiger charge is 2.30. The van der Waals surface area contributed by atoms with E-state index in [0.29, 0.717) is 30.8 Å². The van der Waals surface area contributed by atoms with E-state index in [4.69, 9.17) is 9.26 Å². The number of esters is 1. The highest BCUT2D eigenvalue weighted by molar-refractivity contribution is 5.75. The summed E-state index contributed by atoms with van der Waals surface area (Å²) in [4.78, 5) is 18.5. The Labute approximate surface area is 125 Å². The van der Waals surface area contributed by atoms with Crippen LogP contribution in [0.3, 0.4) is 0 Å². The molecule has 0 amide bonds. The quantitative estimate of drug-likeness (QED) is 0.749. The van der Waals surface area contributed by atoms with Crippen molar-refractivity contribution in [1.29, 1.82) is 0 Å². The third kappa shape index (κ3) is 4.52. The number of carbonyl (C=O) groups is 1. The van der Waals surface area contributed by atoms with Gasteiger partial charge >= 0.3 is 5.97 Å². The number of aromatic nitrogens is 2. The fourth-order valence-corrected chi connectivity index (χ4v) is 2.65. The molecule has 2 rings (SSSR count). The van der Waals surface area contributed by atoms with Crippen molar-refractivity contribution < 1.29 is 14.1 Å². The maximum Gasteiger partial charge on any atom is 0.323 e. The Bertz CT molecular complexity index is 459. The van der Waals surface area contributed by atoms with Gasteiger partial charge in [-0.1, -0.05) is 25.4 Å². The molecule has 1 saturated heterocycles. The third-order valence-electron chi connectivity index (χ3n) is 3.61. The summed E-state index contributed by atoms with van der Waals surface area (Å²) in [5.41, 5.74) is 0. The summed E-state index contributed by atoms with van der Waals surface area (Å²) in [6.07, 6.45) is 3.78. The molecule has 0 N–H and O–H groups in total. The van der Waals surface area contributed by atoms with Crippen LogP contribution in [0.1, 0.15) is 51.7 Å². The van der Waals surface area contributed by atoms with Gasteiger partial charge in [-0.3, -0.25) is 9.69 Å². The van der Waals surface area contributed by atoms with Crippen LogP contribution in [0.5, 0.6) is 0 Å². The number of hydrogen-bond acceptors (Lipinski definition) is 6. The van der Waals surface area contributed by atoms with E-state index in [9.17, 15) is 4.79 Å². The van der Waals surface area contributed by atoms with Crippen LogP contribution in [-0.4, -0.2) is 40.2 Å². The van der Waals surface area contributed by atoms with E-state index in [-0.39, 0.29) is 12.0 Å². The number of carbonyl (C=O) groups excluding carboxylic acids is 1. The maximum atomic E-state index is 12.0. The van der Waals surface area contributed by atoms with Crippen LogP contribution in [-0.2, 0) is 22.5 Å². The van der Waals surface area contributed by atoms with Crippen molar-refractivity contribution in [1.82, 2.24) is 15.0 Å². The molecule has 6 nitrogen and oxygen atoms in total. The molecule has 2 heterocycles. The largest absolute Gasteiger partial charge is 0.465 e. The van der Waals surface area contributed by atoms with E-state index < -0.39 is 0 Å². The van der Waals surface area contributed by atoms with Crippen LogP contribution in [0, 0.1) is 5.92 Å². The molecule has 1 aliphatic heterocycles. The molecule has 1 fully saturated rings. The SMILES string of the molecule is CCOC(=O)C1CCCCN1Cc1noc(CC(C)C)n1. The summed E-state index contributed by atoms with van der Waals surface area (Å²) >= 11 is 0. The number of hydrogen-bond donors (Lipinski definition) is 0. The third-order valence-corrected chi connectivity index (χ3v) is 3.61. The highest BCUT2D eigenvalue weighted by Crippen LogP contribution is 2.20. The molecule has 0 spiro atoms. The van der Waals surface area contributed by atoms with Gasteiger partial charge in [-0.2, -0.15) is 4.98 Å². The lowest BCUT2D eigenvalue weighted by Crippen LogP contribution is -2.45. The molecule has 1 aliphatic rings. The van der Waals surface area contributed by atoms with Gasteiger partial charge < -0.3 is 9.26 Å².